The first-order chi connectivity index (χ1) is 12.0. The van der Waals surface area contributed by atoms with Crippen molar-refractivity contribution >= 4 is 17.5 Å². The topological polar surface area (TPSA) is 49.9 Å². The summed E-state index contributed by atoms with van der Waals surface area (Å²) in [5.41, 5.74) is 1.01. The highest BCUT2D eigenvalue weighted by Crippen LogP contribution is 2.23. The standard InChI is InChI=1S/C19H19FN2O3/c1-13-18(23)22(16-5-3-4-15(20)12-16)11-10-21(13)19(24)14-6-8-17(25-2)9-7-14/h3-9,12-13H,10-11H2,1-2H3/t13-/m1/s1. The fraction of sp³-hybridized carbons (Fsp3) is 0.263. The molecule has 0 unspecified atom stereocenters. The van der Waals surface area contributed by atoms with Gasteiger partial charge in [0.1, 0.15) is 17.6 Å². The average molecular weight is 342 g/mol. The molecule has 1 atom stereocenters. The second-order valence-electron chi connectivity index (χ2n) is 5.87. The third-order valence-corrected chi connectivity index (χ3v) is 4.37. The number of methoxy groups -OCH3 is 1. The number of hydrogen-bond donors (Lipinski definition) is 0. The van der Waals surface area contributed by atoms with Crippen LogP contribution >= 0.6 is 0 Å². The third-order valence-electron chi connectivity index (χ3n) is 4.37. The number of benzene rings is 2. The highest BCUT2D eigenvalue weighted by Gasteiger charge is 2.35. The van der Waals surface area contributed by atoms with Crippen molar-refractivity contribution in [1.82, 2.24) is 4.90 Å². The predicted molar refractivity (Wildman–Crippen MR) is 92.2 cm³/mol. The molecule has 1 heterocycles. The van der Waals surface area contributed by atoms with Gasteiger partial charge >= 0.3 is 0 Å². The summed E-state index contributed by atoms with van der Waals surface area (Å²) in [7, 11) is 1.56. The number of rotatable bonds is 3. The molecule has 130 valence electrons. The van der Waals surface area contributed by atoms with E-state index < -0.39 is 11.9 Å². The maximum Gasteiger partial charge on any atom is 0.254 e. The number of anilines is 1. The summed E-state index contributed by atoms with van der Waals surface area (Å²) in [6.45, 7) is 2.40. The fourth-order valence-corrected chi connectivity index (χ4v) is 2.95. The van der Waals surface area contributed by atoms with E-state index in [-0.39, 0.29) is 11.8 Å². The minimum Gasteiger partial charge on any atom is -0.497 e. The van der Waals surface area contributed by atoms with Crippen LogP contribution in [-0.2, 0) is 4.79 Å². The minimum absolute atomic E-state index is 0.206. The second kappa shape index (κ2) is 6.93. The first kappa shape index (κ1) is 17.0. The Bertz CT molecular complexity index is 792. The Morgan fingerprint density at radius 3 is 2.52 bits per heavy atom. The monoisotopic (exact) mass is 342 g/mol. The molecule has 1 aliphatic rings. The van der Waals surface area contributed by atoms with Crippen LogP contribution in [0, 0.1) is 5.82 Å². The van der Waals surface area contributed by atoms with Crippen LogP contribution in [-0.4, -0.2) is 43.0 Å². The van der Waals surface area contributed by atoms with E-state index in [1.165, 1.54) is 17.0 Å². The first-order valence-electron chi connectivity index (χ1n) is 8.03. The number of carbonyl (C=O) groups excluding carboxylic acids is 2. The van der Waals surface area contributed by atoms with E-state index in [1.54, 1.807) is 55.3 Å². The molecular formula is C19H19FN2O3. The lowest BCUT2D eigenvalue weighted by Crippen LogP contribution is -2.57. The molecule has 3 rings (SSSR count). The van der Waals surface area contributed by atoms with Gasteiger partial charge in [0.05, 0.1) is 7.11 Å². The predicted octanol–water partition coefficient (Wildman–Crippen LogP) is 2.71. The molecule has 0 bridgehead atoms. The highest BCUT2D eigenvalue weighted by atomic mass is 19.1. The van der Waals surface area contributed by atoms with Crippen LogP contribution in [0.2, 0.25) is 0 Å². The Kier molecular flexibility index (Phi) is 4.70. The molecule has 1 aliphatic heterocycles. The van der Waals surface area contributed by atoms with Crippen molar-refractivity contribution in [1.29, 1.82) is 0 Å². The Morgan fingerprint density at radius 1 is 1.16 bits per heavy atom. The zero-order valence-corrected chi connectivity index (χ0v) is 14.1. The summed E-state index contributed by atoms with van der Waals surface area (Å²) in [4.78, 5) is 28.4. The van der Waals surface area contributed by atoms with Gasteiger partial charge in [-0.05, 0) is 49.4 Å². The number of piperazine rings is 1. The van der Waals surface area contributed by atoms with Crippen molar-refractivity contribution in [3.05, 3.63) is 59.9 Å². The van der Waals surface area contributed by atoms with Gasteiger partial charge in [-0.15, -0.1) is 0 Å². The minimum atomic E-state index is -0.619. The summed E-state index contributed by atoms with van der Waals surface area (Å²) in [6, 6.07) is 12.1. The van der Waals surface area contributed by atoms with Crippen molar-refractivity contribution < 1.29 is 18.7 Å². The van der Waals surface area contributed by atoms with Crippen LogP contribution in [0.5, 0.6) is 5.75 Å². The van der Waals surface area contributed by atoms with Gasteiger partial charge in [-0.25, -0.2) is 4.39 Å². The SMILES string of the molecule is COc1ccc(C(=O)N2CCN(c3cccc(F)c3)C(=O)[C@H]2C)cc1. The van der Waals surface area contributed by atoms with Gasteiger partial charge in [-0.2, -0.15) is 0 Å². The maximum atomic E-state index is 13.4. The van der Waals surface area contributed by atoms with E-state index in [0.717, 1.165) is 0 Å². The maximum absolute atomic E-state index is 13.4. The van der Waals surface area contributed by atoms with Crippen LogP contribution in [0.4, 0.5) is 10.1 Å². The van der Waals surface area contributed by atoms with Crippen molar-refractivity contribution in [2.75, 3.05) is 25.1 Å². The molecule has 6 heteroatoms. The first-order valence-corrected chi connectivity index (χ1v) is 8.03. The number of hydrogen-bond acceptors (Lipinski definition) is 3. The lowest BCUT2D eigenvalue weighted by atomic mass is 10.1. The van der Waals surface area contributed by atoms with E-state index in [4.69, 9.17) is 4.74 Å². The third kappa shape index (κ3) is 3.33. The van der Waals surface area contributed by atoms with Gasteiger partial charge in [0.15, 0.2) is 0 Å². The van der Waals surface area contributed by atoms with Crippen molar-refractivity contribution in [2.24, 2.45) is 0 Å². The quantitative estimate of drug-likeness (QED) is 0.862. The smallest absolute Gasteiger partial charge is 0.254 e. The number of carbonyl (C=O) groups is 2. The average Bonchev–Trinajstić information content (AvgIpc) is 2.63. The summed E-state index contributed by atoms with van der Waals surface area (Å²) in [5, 5.41) is 0. The van der Waals surface area contributed by atoms with Crippen LogP contribution in [0.25, 0.3) is 0 Å². The number of ether oxygens (including phenoxy) is 1. The van der Waals surface area contributed by atoms with Crippen LogP contribution in [0.1, 0.15) is 17.3 Å². The van der Waals surface area contributed by atoms with E-state index in [0.29, 0.717) is 30.1 Å². The molecule has 0 saturated carbocycles. The van der Waals surface area contributed by atoms with E-state index in [9.17, 15) is 14.0 Å². The van der Waals surface area contributed by atoms with Gasteiger partial charge < -0.3 is 14.5 Å². The molecule has 1 saturated heterocycles. The summed E-state index contributed by atoms with van der Waals surface area (Å²) >= 11 is 0. The molecule has 5 nitrogen and oxygen atoms in total. The van der Waals surface area contributed by atoms with Crippen LogP contribution in [0.15, 0.2) is 48.5 Å². The molecule has 0 radical (unpaired) electrons. The molecule has 2 amide bonds. The molecule has 0 aliphatic carbocycles. The molecule has 1 fully saturated rings. The Balaban J connectivity index is 1.77. The molecule has 2 aromatic rings. The normalized spacial score (nSPS) is 17.6. The fourth-order valence-electron chi connectivity index (χ4n) is 2.95. The summed E-state index contributed by atoms with van der Waals surface area (Å²) in [6.07, 6.45) is 0. The number of halogens is 1. The molecule has 0 spiro atoms. The number of nitrogens with zero attached hydrogens (tertiary/aromatic N) is 2. The summed E-state index contributed by atoms with van der Waals surface area (Å²) < 4.78 is 18.5. The Hall–Kier alpha value is -2.89. The van der Waals surface area contributed by atoms with Gasteiger partial charge in [0, 0.05) is 24.3 Å². The van der Waals surface area contributed by atoms with Crippen LogP contribution < -0.4 is 9.64 Å². The molecule has 25 heavy (non-hydrogen) atoms. The lowest BCUT2D eigenvalue weighted by molar-refractivity contribution is -0.124. The van der Waals surface area contributed by atoms with Crippen LogP contribution in [0.3, 0.4) is 0 Å². The molecular weight excluding hydrogens is 323 g/mol. The van der Waals surface area contributed by atoms with Gasteiger partial charge in [-0.3, -0.25) is 9.59 Å². The molecule has 0 aromatic heterocycles. The van der Waals surface area contributed by atoms with Crippen molar-refractivity contribution in [3.8, 4) is 5.75 Å². The zero-order chi connectivity index (χ0) is 18.0. The van der Waals surface area contributed by atoms with Crippen molar-refractivity contribution in [2.45, 2.75) is 13.0 Å². The van der Waals surface area contributed by atoms with Gasteiger partial charge in [-0.1, -0.05) is 6.07 Å². The molecule has 2 aromatic carbocycles. The summed E-state index contributed by atoms with van der Waals surface area (Å²) in [5.74, 6) is -0.160. The van der Waals surface area contributed by atoms with Gasteiger partial charge in [0.2, 0.25) is 5.91 Å². The Morgan fingerprint density at radius 2 is 1.88 bits per heavy atom. The Labute approximate surface area is 145 Å². The van der Waals surface area contributed by atoms with E-state index in [2.05, 4.69) is 0 Å². The second-order valence-corrected chi connectivity index (χ2v) is 5.87. The van der Waals surface area contributed by atoms with E-state index in [1.807, 2.05) is 0 Å². The largest absolute Gasteiger partial charge is 0.497 e. The van der Waals surface area contributed by atoms with Crippen molar-refractivity contribution in [3.63, 3.8) is 0 Å². The highest BCUT2D eigenvalue weighted by molar-refractivity contribution is 6.03. The molecule has 0 N–H and O–H groups in total. The lowest BCUT2D eigenvalue weighted by Gasteiger charge is -2.39. The van der Waals surface area contributed by atoms with Gasteiger partial charge in [0.25, 0.3) is 5.91 Å². The van der Waals surface area contributed by atoms with E-state index >= 15 is 0 Å². The zero-order valence-electron chi connectivity index (χ0n) is 14.1. The number of amides is 2.